The maximum Gasteiger partial charge on any atom is 0.235 e. The summed E-state index contributed by atoms with van der Waals surface area (Å²) in [5.41, 5.74) is 0. The van der Waals surface area contributed by atoms with Crippen LogP contribution in [0.3, 0.4) is 0 Å². The van der Waals surface area contributed by atoms with Crippen LogP contribution in [-0.2, 0) is 0 Å². The van der Waals surface area contributed by atoms with Crippen molar-refractivity contribution in [2.24, 2.45) is 0 Å². The van der Waals surface area contributed by atoms with Crippen LogP contribution >= 0.6 is 12.2 Å². The van der Waals surface area contributed by atoms with Gasteiger partial charge in [-0.1, -0.05) is 24.2 Å². The third kappa shape index (κ3) is 2.46. The van der Waals surface area contributed by atoms with E-state index in [1.165, 1.54) is 0 Å². The van der Waals surface area contributed by atoms with Crippen molar-refractivity contribution in [2.45, 2.75) is 13.8 Å². The maximum absolute atomic E-state index is 4.48. The van der Waals surface area contributed by atoms with E-state index < -0.39 is 0 Å². The molecule has 0 unspecified atom stereocenters. The largest absolute Gasteiger partial charge is 0.256 e. The van der Waals surface area contributed by atoms with Gasteiger partial charge in [-0.05, 0) is 12.2 Å². The average Bonchev–Trinajstić information content (AvgIpc) is 2.24. The lowest BCUT2D eigenvalue weighted by Crippen LogP contribution is -1.64. The average molecular weight is 132 g/mol. The van der Waals surface area contributed by atoms with Gasteiger partial charge in [0.15, 0.2) is 0 Å². The topological polar surface area (TPSA) is 57.4 Å². The zero-order valence-corrected chi connectivity index (χ0v) is 5.62. The second kappa shape index (κ2) is 4.45. The van der Waals surface area contributed by atoms with Crippen molar-refractivity contribution in [1.29, 1.82) is 0 Å². The molecule has 8 heavy (non-hydrogen) atoms. The van der Waals surface area contributed by atoms with Gasteiger partial charge in [-0.3, -0.25) is 5.10 Å². The molecule has 1 rings (SSSR count). The molecule has 5 heteroatoms. The first-order valence-electron chi connectivity index (χ1n) is 2.35. The van der Waals surface area contributed by atoms with E-state index in [1.54, 1.807) is 0 Å². The van der Waals surface area contributed by atoms with Crippen LogP contribution < -0.4 is 0 Å². The van der Waals surface area contributed by atoms with Crippen LogP contribution in [0.2, 0.25) is 0 Å². The Morgan fingerprint density at radius 2 is 2.12 bits per heavy atom. The van der Waals surface area contributed by atoms with Gasteiger partial charge in [0.25, 0.3) is 0 Å². The number of H-pyrrole nitrogens is 2. The number of aromatic nitrogens is 4. The van der Waals surface area contributed by atoms with Gasteiger partial charge >= 0.3 is 0 Å². The Balaban J connectivity index is 0.000000222. The Hall–Kier alpha value is -0.710. The van der Waals surface area contributed by atoms with Crippen molar-refractivity contribution in [2.75, 3.05) is 0 Å². The minimum Gasteiger partial charge on any atom is -0.256 e. The molecule has 0 spiro atoms. The summed E-state index contributed by atoms with van der Waals surface area (Å²) in [4.78, 5) is 0. The lowest BCUT2D eigenvalue weighted by Gasteiger charge is -1.51. The molecule has 0 aromatic carbocycles. The lowest BCUT2D eigenvalue weighted by molar-refractivity contribution is 0.881. The summed E-state index contributed by atoms with van der Waals surface area (Å²) in [7, 11) is 0. The number of tetrazole rings is 1. The summed E-state index contributed by atoms with van der Waals surface area (Å²) in [5.74, 6) is 0. The first-order valence-corrected chi connectivity index (χ1v) is 2.76. The number of hydrogen-bond acceptors (Lipinski definition) is 3. The fraction of sp³-hybridized carbons (Fsp3) is 0.667. The zero-order valence-electron chi connectivity index (χ0n) is 4.80. The second-order valence-electron chi connectivity index (χ2n) is 0.742. The fourth-order valence-corrected chi connectivity index (χ4v) is 0.255. The molecule has 1 aromatic heterocycles. The second-order valence-corrected chi connectivity index (χ2v) is 1.13. The number of hydrogen-bond donors (Lipinski definition) is 2. The maximum atomic E-state index is 4.48. The molecule has 0 fully saturated rings. The van der Waals surface area contributed by atoms with E-state index in [-0.39, 0.29) is 0 Å². The van der Waals surface area contributed by atoms with E-state index in [0.717, 1.165) is 0 Å². The summed E-state index contributed by atoms with van der Waals surface area (Å²) < 4.78 is 0.384. The molecule has 1 aromatic rings. The first kappa shape index (κ1) is 7.29. The van der Waals surface area contributed by atoms with E-state index in [2.05, 4.69) is 32.8 Å². The predicted molar refractivity (Wildman–Crippen MR) is 32.9 cm³/mol. The van der Waals surface area contributed by atoms with Crippen molar-refractivity contribution >= 4 is 12.2 Å². The highest BCUT2D eigenvalue weighted by molar-refractivity contribution is 7.71. The number of aromatic amines is 2. The summed E-state index contributed by atoms with van der Waals surface area (Å²) in [6, 6.07) is 0. The quantitative estimate of drug-likeness (QED) is 0.515. The van der Waals surface area contributed by atoms with Crippen molar-refractivity contribution in [3.8, 4) is 0 Å². The van der Waals surface area contributed by atoms with Crippen LogP contribution in [0.4, 0.5) is 0 Å². The van der Waals surface area contributed by atoms with Gasteiger partial charge in [-0.25, -0.2) is 0 Å². The molecule has 0 aliphatic heterocycles. The van der Waals surface area contributed by atoms with Gasteiger partial charge in [0, 0.05) is 0 Å². The monoisotopic (exact) mass is 132 g/mol. The van der Waals surface area contributed by atoms with E-state index in [0.29, 0.717) is 4.77 Å². The van der Waals surface area contributed by atoms with E-state index >= 15 is 0 Å². The van der Waals surface area contributed by atoms with Gasteiger partial charge in [0.1, 0.15) is 0 Å². The third-order valence-corrected chi connectivity index (χ3v) is 0.537. The van der Waals surface area contributed by atoms with Crippen molar-refractivity contribution in [3.63, 3.8) is 0 Å². The van der Waals surface area contributed by atoms with Gasteiger partial charge in [0.05, 0.1) is 0 Å². The van der Waals surface area contributed by atoms with Crippen LogP contribution in [0.5, 0.6) is 0 Å². The summed E-state index contributed by atoms with van der Waals surface area (Å²) in [6.07, 6.45) is 0. The predicted octanol–water partition coefficient (Wildman–Crippen LogP) is 0.888. The molecular weight excluding hydrogens is 124 g/mol. The summed E-state index contributed by atoms with van der Waals surface area (Å²) >= 11 is 4.48. The van der Waals surface area contributed by atoms with E-state index in [9.17, 15) is 0 Å². The van der Waals surface area contributed by atoms with Gasteiger partial charge in [0.2, 0.25) is 4.77 Å². The molecule has 0 aliphatic rings. The molecule has 46 valence electrons. The molecule has 0 amide bonds. The molecule has 0 bridgehead atoms. The Bertz CT molecular complexity index is 149. The van der Waals surface area contributed by atoms with Crippen molar-refractivity contribution < 1.29 is 0 Å². The third-order valence-electron chi connectivity index (χ3n) is 0.354. The normalized spacial score (nSPS) is 7.25. The molecule has 2 N–H and O–H groups in total. The Morgan fingerprint density at radius 1 is 1.50 bits per heavy atom. The van der Waals surface area contributed by atoms with Gasteiger partial charge in [-0.15, -0.1) is 0 Å². The highest BCUT2D eigenvalue weighted by Crippen LogP contribution is 1.61. The highest BCUT2D eigenvalue weighted by Gasteiger charge is 1.68. The van der Waals surface area contributed by atoms with Crippen LogP contribution in [-0.4, -0.2) is 20.6 Å². The highest BCUT2D eigenvalue weighted by atomic mass is 32.1. The zero-order chi connectivity index (χ0) is 6.41. The molecular formula is C3H8N4S. The molecule has 4 nitrogen and oxygen atoms in total. The van der Waals surface area contributed by atoms with Crippen molar-refractivity contribution in [1.82, 2.24) is 20.6 Å². The van der Waals surface area contributed by atoms with Crippen LogP contribution in [0.15, 0.2) is 0 Å². The minimum atomic E-state index is 0.384. The number of nitrogens with zero attached hydrogens (tertiary/aromatic N) is 2. The molecule has 0 aliphatic carbocycles. The Kier molecular flexibility index (Phi) is 4.05. The van der Waals surface area contributed by atoms with Crippen LogP contribution in [0.1, 0.15) is 13.8 Å². The van der Waals surface area contributed by atoms with Crippen LogP contribution in [0, 0.1) is 4.77 Å². The van der Waals surface area contributed by atoms with E-state index in [1.807, 2.05) is 13.8 Å². The Morgan fingerprint density at radius 3 is 2.25 bits per heavy atom. The molecule has 1 heterocycles. The smallest absolute Gasteiger partial charge is 0.235 e. The Labute approximate surface area is 52.3 Å². The molecule has 0 saturated carbocycles. The molecule has 0 saturated heterocycles. The lowest BCUT2D eigenvalue weighted by atomic mass is 11.0. The van der Waals surface area contributed by atoms with Gasteiger partial charge < -0.3 is 0 Å². The van der Waals surface area contributed by atoms with Crippen molar-refractivity contribution in [3.05, 3.63) is 4.77 Å². The SMILES string of the molecule is CC.S=c1nn[nH][nH]1. The van der Waals surface area contributed by atoms with Gasteiger partial charge in [-0.2, -0.15) is 5.21 Å². The van der Waals surface area contributed by atoms with Crippen LogP contribution in [0.25, 0.3) is 0 Å². The summed E-state index contributed by atoms with van der Waals surface area (Å²) in [5, 5.41) is 11.5. The molecule has 0 atom stereocenters. The number of nitrogens with one attached hydrogen (secondary N) is 2. The fourth-order valence-electron chi connectivity index (χ4n) is 0.168. The first-order chi connectivity index (χ1) is 3.89. The van der Waals surface area contributed by atoms with E-state index in [4.69, 9.17) is 0 Å². The minimum absolute atomic E-state index is 0.384. The molecule has 0 radical (unpaired) electrons. The standard InChI is InChI=1S/C2H6.CH2N4S/c1-2;6-1-2-4-5-3-1/h1-2H3;(H2,2,3,4,5,6). The summed E-state index contributed by atoms with van der Waals surface area (Å²) in [6.45, 7) is 4.00. The number of rotatable bonds is 0.